The van der Waals surface area contributed by atoms with E-state index in [2.05, 4.69) is 59.7 Å². The van der Waals surface area contributed by atoms with Gasteiger partial charge in [0.25, 0.3) is 0 Å². The van der Waals surface area contributed by atoms with Gasteiger partial charge in [0, 0.05) is 25.4 Å². The van der Waals surface area contributed by atoms with Gasteiger partial charge in [-0.3, -0.25) is 0 Å². The normalized spacial score (nSPS) is 18.3. The van der Waals surface area contributed by atoms with Crippen molar-refractivity contribution in [2.75, 3.05) is 42.6 Å². The maximum Gasteiger partial charge on any atom is 0.233 e. The van der Waals surface area contributed by atoms with E-state index in [1.807, 2.05) is 6.92 Å². The molecule has 2 aromatic rings. The molecule has 0 radical (unpaired) electrons. The van der Waals surface area contributed by atoms with Gasteiger partial charge >= 0.3 is 0 Å². The van der Waals surface area contributed by atoms with Crippen molar-refractivity contribution >= 4 is 27.7 Å². The van der Waals surface area contributed by atoms with Crippen molar-refractivity contribution in [2.45, 2.75) is 32.8 Å². The van der Waals surface area contributed by atoms with Gasteiger partial charge in [0.2, 0.25) is 11.8 Å². The third-order valence-electron chi connectivity index (χ3n) is 5.64. The highest BCUT2D eigenvalue weighted by molar-refractivity contribution is 9.10. The molecule has 0 aromatic carbocycles. The van der Waals surface area contributed by atoms with Gasteiger partial charge in [-0.1, -0.05) is 6.07 Å². The lowest BCUT2D eigenvalue weighted by Crippen LogP contribution is -2.54. The fourth-order valence-corrected chi connectivity index (χ4v) is 3.83. The number of ether oxygens (including phenoxy) is 1. The van der Waals surface area contributed by atoms with E-state index in [0.717, 1.165) is 55.0 Å². The van der Waals surface area contributed by atoms with E-state index in [4.69, 9.17) is 4.74 Å². The van der Waals surface area contributed by atoms with Crippen molar-refractivity contribution in [3.05, 3.63) is 34.1 Å². The number of aliphatic hydroxyl groups excluding tert-OH is 1. The summed E-state index contributed by atoms with van der Waals surface area (Å²) in [6.07, 6.45) is 3.78. The van der Waals surface area contributed by atoms with E-state index in [9.17, 15) is 5.11 Å². The number of rotatable bonds is 5. The van der Waals surface area contributed by atoms with Crippen molar-refractivity contribution in [1.82, 2.24) is 15.0 Å². The average Bonchev–Trinajstić information content (AvgIpc) is 2.68. The molecule has 4 rings (SSSR count). The predicted octanol–water partition coefficient (Wildman–Crippen LogP) is 2.73. The number of aryl methyl sites for hydroxylation is 2. The molecule has 2 aliphatic rings. The van der Waals surface area contributed by atoms with Crippen molar-refractivity contribution in [1.29, 1.82) is 0 Å². The number of piperidine rings is 1. The zero-order valence-electron chi connectivity index (χ0n) is 16.3. The molecular weight excluding hydrogens is 422 g/mol. The first-order valence-corrected chi connectivity index (χ1v) is 10.6. The smallest absolute Gasteiger partial charge is 0.233 e. The molecule has 0 unspecified atom stereocenters. The SMILES string of the molecule is Cc1ccc(N2CC(Oc3nc(N4CCC(CO)CC4)ncc3Br)C2)nc1C. The van der Waals surface area contributed by atoms with Gasteiger partial charge in [-0.15, -0.1) is 0 Å². The highest BCUT2D eigenvalue weighted by Crippen LogP contribution is 2.29. The number of aliphatic hydroxyl groups is 1. The number of nitrogens with zero attached hydrogens (tertiary/aromatic N) is 5. The van der Waals surface area contributed by atoms with Gasteiger partial charge in [-0.2, -0.15) is 4.98 Å². The summed E-state index contributed by atoms with van der Waals surface area (Å²) in [6, 6.07) is 4.17. The van der Waals surface area contributed by atoms with Crippen LogP contribution in [0.25, 0.3) is 0 Å². The second-order valence-electron chi connectivity index (χ2n) is 7.65. The number of halogens is 1. The molecule has 2 saturated heterocycles. The lowest BCUT2D eigenvalue weighted by molar-refractivity contribution is 0.158. The number of hydrogen-bond donors (Lipinski definition) is 1. The van der Waals surface area contributed by atoms with Crippen molar-refractivity contribution in [3.8, 4) is 5.88 Å². The summed E-state index contributed by atoms with van der Waals surface area (Å²) in [5.41, 5.74) is 2.27. The number of hydrogen-bond acceptors (Lipinski definition) is 7. The van der Waals surface area contributed by atoms with Crippen molar-refractivity contribution in [3.63, 3.8) is 0 Å². The molecule has 0 amide bonds. The highest BCUT2D eigenvalue weighted by Gasteiger charge is 2.31. The van der Waals surface area contributed by atoms with Gasteiger partial charge < -0.3 is 19.6 Å². The van der Waals surface area contributed by atoms with Crippen LogP contribution < -0.4 is 14.5 Å². The maximum absolute atomic E-state index is 9.31. The van der Waals surface area contributed by atoms with Crippen LogP contribution >= 0.6 is 15.9 Å². The monoisotopic (exact) mass is 447 g/mol. The molecule has 0 saturated carbocycles. The first kappa shape index (κ1) is 19.4. The quantitative estimate of drug-likeness (QED) is 0.754. The molecular formula is C20H26BrN5O2. The van der Waals surface area contributed by atoms with Gasteiger partial charge in [0.05, 0.1) is 23.8 Å². The fraction of sp³-hybridized carbons (Fsp3) is 0.550. The largest absolute Gasteiger partial charge is 0.470 e. The van der Waals surface area contributed by atoms with Gasteiger partial charge in [-0.05, 0) is 60.2 Å². The van der Waals surface area contributed by atoms with Crippen LogP contribution in [0.1, 0.15) is 24.1 Å². The first-order valence-electron chi connectivity index (χ1n) is 9.77. The molecule has 7 nitrogen and oxygen atoms in total. The van der Waals surface area contributed by atoms with Gasteiger partial charge in [0.1, 0.15) is 11.9 Å². The summed E-state index contributed by atoms with van der Waals surface area (Å²) in [4.78, 5) is 18.1. The number of pyridine rings is 1. The van der Waals surface area contributed by atoms with Crippen molar-refractivity contribution < 1.29 is 9.84 Å². The molecule has 28 heavy (non-hydrogen) atoms. The van der Waals surface area contributed by atoms with Crippen LogP contribution in [0.15, 0.2) is 22.8 Å². The Morgan fingerprint density at radius 1 is 1.14 bits per heavy atom. The van der Waals surface area contributed by atoms with Crippen molar-refractivity contribution in [2.24, 2.45) is 5.92 Å². The summed E-state index contributed by atoms with van der Waals surface area (Å²) in [5, 5.41) is 9.31. The topological polar surface area (TPSA) is 74.6 Å². The molecule has 1 N–H and O–H groups in total. The molecule has 4 heterocycles. The van der Waals surface area contributed by atoms with Crippen LogP contribution in [0.5, 0.6) is 5.88 Å². The lowest BCUT2D eigenvalue weighted by Gasteiger charge is -2.40. The second kappa shape index (κ2) is 8.21. The highest BCUT2D eigenvalue weighted by atomic mass is 79.9. The van der Waals surface area contributed by atoms with E-state index in [1.165, 1.54) is 5.56 Å². The van der Waals surface area contributed by atoms with Gasteiger partial charge in [-0.25, -0.2) is 9.97 Å². The van der Waals surface area contributed by atoms with E-state index in [1.54, 1.807) is 6.20 Å². The summed E-state index contributed by atoms with van der Waals surface area (Å²) >= 11 is 3.51. The van der Waals surface area contributed by atoms with Crippen LogP contribution in [-0.4, -0.2) is 58.9 Å². The third kappa shape index (κ3) is 4.07. The van der Waals surface area contributed by atoms with Gasteiger partial charge in [0.15, 0.2) is 0 Å². The number of anilines is 2. The van der Waals surface area contributed by atoms with Crippen LogP contribution in [0.2, 0.25) is 0 Å². The Hall–Kier alpha value is -1.93. The van der Waals surface area contributed by atoms with Crippen LogP contribution in [0.4, 0.5) is 11.8 Å². The fourth-order valence-electron chi connectivity index (χ4n) is 3.54. The molecule has 2 aromatic heterocycles. The molecule has 2 aliphatic heterocycles. The summed E-state index contributed by atoms with van der Waals surface area (Å²) in [6.45, 7) is 7.69. The summed E-state index contributed by atoms with van der Waals surface area (Å²) < 4.78 is 6.89. The van der Waals surface area contributed by atoms with Crippen LogP contribution in [0, 0.1) is 19.8 Å². The first-order chi connectivity index (χ1) is 13.5. The minimum absolute atomic E-state index is 0.0857. The molecule has 2 fully saturated rings. The minimum atomic E-state index is 0.0857. The van der Waals surface area contributed by atoms with Crippen LogP contribution in [-0.2, 0) is 0 Å². The Bertz CT molecular complexity index is 835. The Kier molecular flexibility index (Phi) is 5.68. The molecule has 0 spiro atoms. The Morgan fingerprint density at radius 2 is 1.89 bits per heavy atom. The third-order valence-corrected chi connectivity index (χ3v) is 6.18. The van der Waals surface area contributed by atoms with Crippen LogP contribution in [0.3, 0.4) is 0 Å². The maximum atomic E-state index is 9.31. The predicted molar refractivity (Wildman–Crippen MR) is 112 cm³/mol. The molecule has 150 valence electrons. The second-order valence-corrected chi connectivity index (χ2v) is 8.51. The van der Waals surface area contributed by atoms with E-state index >= 15 is 0 Å². The summed E-state index contributed by atoms with van der Waals surface area (Å²) in [7, 11) is 0. The Morgan fingerprint density at radius 3 is 2.57 bits per heavy atom. The standard InChI is InChI=1S/C20H26BrN5O2/c1-13-3-4-18(23-14(13)2)26-10-16(11-26)28-19-17(21)9-22-20(24-19)25-7-5-15(12-27)6-8-25/h3-4,9,15-16,27H,5-8,10-12H2,1-2H3. The Labute approximate surface area is 173 Å². The zero-order chi connectivity index (χ0) is 19.7. The summed E-state index contributed by atoms with van der Waals surface area (Å²) in [5.74, 6) is 2.67. The molecule has 8 heteroatoms. The minimum Gasteiger partial charge on any atom is -0.470 e. The zero-order valence-corrected chi connectivity index (χ0v) is 17.9. The molecule has 0 bridgehead atoms. The number of aromatic nitrogens is 3. The van der Waals surface area contributed by atoms with E-state index < -0.39 is 0 Å². The van der Waals surface area contributed by atoms with E-state index in [-0.39, 0.29) is 12.7 Å². The van der Waals surface area contributed by atoms with E-state index in [0.29, 0.717) is 17.7 Å². The average molecular weight is 448 g/mol. The lowest BCUT2D eigenvalue weighted by atomic mass is 9.98. The Balaban J connectivity index is 1.37. The molecule has 0 aliphatic carbocycles. The molecule has 0 atom stereocenters.